The molecular weight excluding hydrogens is 302 g/mol. The minimum Gasteiger partial charge on any atom is -0.481 e. The highest BCUT2D eigenvalue weighted by atomic mass is 35.5. The van der Waals surface area contributed by atoms with Crippen molar-refractivity contribution in [3.05, 3.63) is 28.8 Å². The van der Waals surface area contributed by atoms with Gasteiger partial charge in [-0.3, -0.25) is 4.79 Å². The van der Waals surface area contributed by atoms with Crippen molar-refractivity contribution in [2.24, 2.45) is 5.92 Å². The fourth-order valence-electron chi connectivity index (χ4n) is 1.69. The molecule has 0 fully saturated rings. The van der Waals surface area contributed by atoms with Crippen molar-refractivity contribution < 1.29 is 18.3 Å². The summed E-state index contributed by atoms with van der Waals surface area (Å²) in [6.07, 6.45) is 0.888. The minimum absolute atomic E-state index is 0.149. The number of carbonyl (C=O) groups is 1. The van der Waals surface area contributed by atoms with E-state index in [2.05, 4.69) is 4.72 Å². The second kappa shape index (κ2) is 7.06. The lowest BCUT2D eigenvalue weighted by molar-refractivity contribution is -0.141. The highest BCUT2D eigenvalue weighted by molar-refractivity contribution is 7.89. The van der Waals surface area contributed by atoms with Crippen LogP contribution in [0, 0.1) is 12.8 Å². The van der Waals surface area contributed by atoms with E-state index in [1.807, 2.05) is 0 Å². The molecule has 20 heavy (non-hydrogen) atoms. The summed E-state index contributed by atoms with van der Waals surface area (Å²) in [4.78, 5) is 10.8. The van der Waals surface area contributed by atoms with Crippen LogP contribution in [0.1, 0.15) is 25.3 Å². The summed E-state index contributed by atoms with van der Waals surface area (Å²) in [5.74, 6) is -1.36. The summed E-state index contributed by atoms with van der Waals surface area (Å²) in [6, 6.07) is 4.70. The molecule has 1 aromatic rings. The Morgan fingerprint density at radius 1 is 1.45 bits per heavy atom. The van der Waals surface area contributed by atoms with Crippen LogP contribution in [0.15, 0.2) is 23.1 Å². The standard InChI is InChI=1S/C13H18ClNO4S/c1-9(13(16)17)5-4-8-15-20(18,19)12-7-3-6-11(14)10(12)2/h3,6-7,9,15H,4-5,8H2,1-2H3,(H,16,17). The molecule has 5 nitrogen and oxygen atoms in total. The Morgan fingerprint density at radius 3 is 2.70 bits per heavy atom. The third-order valence-electron chi connectivity index (χ3n) is 3.04. The molecule has 0 saturated carbocycles. The molecule has 0 radical (unpaired) electrons. The quantitative estimate of drug-likeness (QED) is 0.756. The Labute approximate surface area is 124 Å². The molecule has 7 heteroatoms. The Kier molecular flexibility index (Phi) is 5.98. The smallest absolute Gasteiger partial charge is 0.306 e. The number of aliphatic carboxylic acids is 1. The Bertz CT molecular complexity index is 586. The van der Waals surface area contributed by atoms with Crippen LogP contribution in [0.2, 0.25) is 5.02 Å². The molecule has 1 aromatic carbocycles. The average Bonchev–Trinajstić information content (AvgIpc) is 2.37. The van der Waals surface area contributed by atoms with Gasteiger partial charge in [0.1, 0.15) is 0 Å². The highest BCUT2D eigenvalue weighted by Crippen LogP contribution is 2.22. The van der Waals surface area contributed by atoms with E-state index < -0.39 is 21.9 Å². The fraction of sp³-hybridized carbons (Fsp3) is 0.462. The van der Waals surface area contributed by atoms with E-state index in [0.717, 1.165) is 0 Å². The van der Waals surface area contributed by atoms with E-state index in [9.17, 15) is 13.2 Å². The molecule has 0 aliphatic carbocycles. The predicted octanol–water partition coefficient (Wildman–Crippen LogP) is 2.43. The largest absolute Gasteiger partial charge is 0.481 e. The lowest BCUT2D eigenvalue weighted by Gasteiger charge is -2.11. The lowest BCUT2D eigenvalue weighted by atomic mass is 10.1. The molecule has 0 aliphatic rings. The van der Waals surface area contributed by atoms with E-state index in [1.165, 1.54) is 6.07 Å². The average molecular weight is 320 g/mol. The molecule has 0 aliphatic heterocycles. The van der Waals surface area contributed by atoms with E-state index in [-0.39, 0.29) is 11.4 Å². The van der Waals surface area contributed by atoms with Gasteiger partial charge in [-0.1, -0.05) is 24.6 Å². The van der Waals surface area contributed by atoms with Gasteiger partial charge in [0.05, 0.1) is 10.8 Å². The van der Waals surface area contributed by atoms with Gasteiger partial charge in [-0.25, -0.2) is 13.1 Å². The topological polar surface area (TPSA) is 83.5 Å². The van der Waals surface area contributed by atoms with Gasteiger partial charge in [0.25, 0.3) is 0 Å². The fourth-order valence-corrected chi connectivity index (χ4v) is 3.26. The summed E-state index contributed by atoms with van der Waals surface area (Å²) in [7, 11) is -3.61. The van der Waals surface area contributed by atoms with Crippen molar-refractivity contribution in [1.29, 1.82) is 0 Å². The van der Waals surface area contributed by atoms with E-state index in [1.54, 1.807) is 26.0 Å². The monoisotopic (exact) mass is 319 g/mol. The Hall–Kier alpha value is -1.11. The second-order valence-corrected chi connectivity index (χ2v) is 6.78. The van der Waals surface area contributed by atoms with Gasteiger partial charge in [-0.05, 0) is 37.5 Å². The molecule has 1 atom stereocenters. The Balaban J connectivity index is 2.63. The Morgan fingerprint density at radius 2 is 2.10 bits per heavy atom. The van der Waals surface area contributed by atoms with Crippen LogP contribution in [0.25, 0.3) is 0 Å². The van der Waals surface area contributed by atoms with Crippen molar-refractivity contribution in [2.45, 2.75) is 31.6 Å². The first kappa shape index (κ1) is 16.9. The summed E-state index contributed by atoms with van der Waals surface area (Å²) in [6.45, 7) is 3.44. The molecule has 0 bridgehead atoms. The zero-order valence-electron chi connectivity index (χ0n) is 11.4. The summed E-state index contributed by atoms with van der Waals surface area (Å²) < 4.78 is 26.7. The molecule has 0 saturated heterocycles. The number of hydrogen-bond donors (Lipinski definition) is 2. The highest BCUT2D eigenvalue weighted by Gasteiger charge is 2.18. The van der Waals surface area contributed by atoms with Crippen molar-refractivity contribution in [2.75, 3.05) is 6.54 Å². The van der Waals surface area contributed by atoms with Gasteiger partial charge < -0.3 is 5.11 Å². The molecule has 112 valence electrons. The lowest BCUT2D eigenvalue weighted by Crippen LogP contribution is -2.26. The molecule has 2 N–H and O–H groups in total. The van der Waals surface area contributed by atoms with Crippen molar-refractivity contribution >= 4 is 27.6 Å². The predicted molar refractivity (Wildman–Crippen MR) is 77.4 cm³/mol. The molecule has 0 heterocycles. The number of hydrogen-bond acceptors (Lipinski definition) is 3. The van der Waals surface area contributed by atoms with Gasteiger partial charge in [0.15, 0.2) is 0 Å². The maximum atomic E-state index is 12.1. The van der Waals surface area contributed by atoms with Gasteiger partial charge in [0.2, 0.25) is 10.0 Å². The normalized spacial score (nSPS) is 13.2. The first-order valence-electron chi connectivity index (χ1n) is 6.23. The number of carboxylic acids is 1. The summed E-state index contributed by atoms with van der Waals surface area (Å²) in [5.41, 5.74) is 0.501. The molecule has 0 aromatic heterocycles. The maximum Gasteiger partial charge on any atom is 0.306 e. The van der Waals surface area contributed by atoms with Gasteiger partial charge >= 0.3 is 5.97 Å². The summed E-state index contributed by atoms with van der Waals surface area (Å²) >= 11 is 5.90. The number of rotatable bonds is 7. The maximum absolute atomic E-state index is 12.1. The third-order valence-corrected chi connectivity index (χ3v) is 5.05. The minimum atomic E-state index is -3.61. The van der Waals surface area contributed by atoms with Crippen molar-refractivity contribution in [1.82, 2.24) is 4.72 Å². The number of halogens is 1. The molecule has 1 unspecified atom stereocenters. The van der Waals surface area contributed by atoms with Crippen LogP contribution in [0.3, 0.4) is 0 Å². The van der Waals surface area contributed by atoms with E-state index in [0.29, 0.717) is 23.4 Å². The van der Waals surface area contributed by atoms with Gasteiger partial charge in [0, 0.05) is 11.6 Å². The van der Waals surface area contributed by atoms with Crippen molar-refractivity contribution in [3.63, 3.8) is 0 Å². The molecule has 1 rings (SSSR count). The molecule has 0 spiro atoms. The van der Waals surface area contributed by atoms with Crippen LogP contribution in [-0.4, -0.2) is 26.0 Å². The molecular formula is C13H18ClNO4S. The van der Waals surface area contributed by atoms with Gasteiger partial charge in [-0.2, -0.15) is 0 Å². The SMILES string of the molecule is Cc1c(Cl)cccc1S(=O)(=O)NCCCC(C)C(=O)O. The van der Waals surface area contributed by atoms with Crippen LogP contribution in [-0.2, 0) is 14.8 Å². The van der Waals surface area contributed by atoms with E-state index in [4.69, 9.17) is 16.7 Å². The van der Waals surface area contributed by atoms with E-state index >= 15 is 0 Å². The second-order valence-electron chi connectivity index (χ2n) is 4.64. The number of nitrogens with one attached hydrogen (secondary N) is 1. The van der Waals surface area contributed by atoms with Gasteiger partial charge in [-0.15, -0.1) is 0 Å². The summed E-state index contributed by atoms with van der Waals surface area (Å²) in [5, 5.41) is 9.13. The number of benzene rings is 1. The van der Waals surface area contributed by atoms with Crippen LogP contribution in [0.4, 0.5) is 0 Å². The number of sulfonamides is 1. The zero-order chi connectivity index (χ0) is 15.3. The van der Waals surface area contributed by atoms with Crippen LogP contribution < -0.4 is 4.72 Å². The first-order chi connectivity index (χ1) is 9.25. The van der Waals surface area contributed by atoms with Crippen molar-refractivity contribution in [3.8, 4) is 0 Å². The van der Waals surface area contributed by atoms with Crippen LogP contribution in [0.5, 0.6) is 0 Å². The van der Waals surface area contributed by atoms with Crippen LogP contribution >= 0.6 is 11.6 Å². The molecule has 0 amide bonds. The zero-order valence-corrected chi connectivity index (χ0v) is 13.0. The third kappa shape index (κ3) is 4.47. The number of carboxylic acid groups (broad SMARTS) is 1. The first-order valence-corrected chi connectivity index (χ1v) is 8.09.